The molecule has 0 fully saturated rings. The quantitative estimate of drug-likeness (QED) is 0.848. The van der Waals surface area contributed by atoms with Gasteiger partial charge in [-0.25, -0.2) is 4.39 Å². The van der Waals surface area contributed by atoms with Crippen LogP contribution in [0, 0.1) is 5.82 Å². The molecule has 0 amide bonds. The Morgan fingerprint density at radius 3 is 2.47 bits per heavy atom. The van der Waals surface area contributed by atoms with E-state index in [9.17, 15) is 14.6 Å². The molecule has 5 heteroatoms. The van der Waals surface area contributed by atoms with Gasteiger partial charge >= 0.3 is 0 Å². The number of nitrogens with zero attached hydrogens (tertiary/aromatic N) is 2. The van der Waals surface area contributed by atoms with Crippen LogP contribution in [0.25, 0.3) is 0 Å². The molecule has 2 rings (SSSR count). The minimum absolute atomic E-state index is 0.323. The Morgan fingerprint density at radius 2 is 1.95 bits per heavy atom. The summed E-state index contributed by atoms with van der Waals surface area (Å²) in [4.78, 5) is 0. The van der Waals surface area contributed by atoms with Crippen LogP contribution >= 0.6 is 0 Å². The number of hydrogen-bond acceptors (Lipinski definition) is 3. The Labute approximate surface area is 111 Å². The number of aliphatic hydroxyl groups excluding tert-OH is 2. The van der Waals surface area contributed by atoms with E-state index < -0.39 is 11.2 Å². The van der Waals surface area contributed by atoms with E-state index >= 15 is 0 Å². The highest BCUT2D eigenvalue weighted by Gasteiger charge is 2.34. The first kappa shape index (κ1) is 13.7. The maximum absolute atomic E-state index is 13.9. The minimum Gasteiger partial charge on any atom is -0.395 e. The molecule has 0 spiro atoms. The number of aryl methyl sites for hydroxylation is 1. The first-order valence-corrected chi connectivity index (χ1v) is 6.05. The van der Waals surface area contributed by atoms with Gasteiger partial charge in [-0.2, -0.15) is 5.10 Å². The van der Waals surface area contributed by atoms with Crippen LogP contribution in [-0.4, -0.2) is 33.2 Å². The van der Waals surface area contributed by atoms with E-state index in [1.54, 1.807) is 42.3 Å². The summed E-state index contributed by atoms with van der Waals surface area (Å²) in [5.74, 6) is -0.422. The van der Waals surface area contributed by atoms with Crippen LogP contribution in [0.5, 0.6) is 0 Å². The molecule has 0 radical (unpaired) electrons. The van der Waals surface area contributed by atoms with E-state index in [-0.39, 0.29) is 13.2 Å². The molecule has 0 saturated heterocycles. The van der Waals surface area contributed by atoms with E-state index in [0.29, 0.717) is 12.0 Å². The van der Waals surface area contributed by atoms with Crippen molar-refractivity contribution in [3.05, 3.63) is 53.6 Å². The third-order valence-electron chi connectivity index (χ3n) is 3.35. The first-order chi connectivity index (χ1) is 9.11. The summed E-state index contributed by atoms with van der Waals surface area (Å²) in [6, 6.07) is 6.21. The predicted octanol–water partition coefficient (Wildman–Crippen LogP) is 1.02. The lowest BCUT2D eigenvalue weighted by molar-refractivity contribution is 0.113. The standard InChI is InChI=1S/C14H17FN2O2/c1-17-8-11(7-16-17)6-14(9-18,10-19)12-4-2-3-5-13(12)15/h2-5,7-8,18-19H,6,9-10H2,1H3. The van der Waals surface area contributed by atoms with Gasteiger partial charge in [-0.1, -0.05) is 18.2 Å². The molecule has 1 heterocycles. The molecule has 4 nitrogen and oxygen atoms in total. The summed E-state index contributed by atoms with van der Waals surface area (Å²) in [5.41, 5.74) is 0.131. The lowest BCUT2D eigenvalue weighted by Gasteiger charge is -2.30. The number of aromatic nitrogens is 2. The van der Waals surface area contributed by atoms with Crippen LogP contribution in [0.4, 0.5) is 4.39 Å². The summed E-state index contributed by atoms with van der Waals surface area (Å²) in [5, 5.41) is 23.4. The van der Waals surface area contributed by atoms with Gasteiger partial charge in [-0.05, 0) is 23.6 Å². The highest BCUT2D eigenvalue weighted by Crippen LogP contribution is 2.29. The van der Waals surface area contributed by atoms with Gasteiger partial charge in [0.05, 0.1) is 19.4 Å². The Kier molecular flexibility index (Phi) is 3.97. The van der Waals surface area contributed by atoms with Crippen molar-refractivity contribution in [2.45, 2.75) is 11.8 Å². The van der Waals surface area contributed by atoms with Crippen LogP contribution in [0.3, 0.4) is 0 Å². The molecule has 1 aromatic carbocycles. The molecule has 0 aliphatic carbocycles. The Morgan fingerprint density at radius 1 is 1.26 bits per heavy atom. The summed E-state index contributed by atoms with van der Waals surface area (Å²) in [6.45, 7) is -0.668. The fraction of sp³-hybridized carbons (Fsp3) is 0.357. The van der Waals surface area contributed by atoms with Crippen molar-refractivity contribution in [1.82, 2.24) is 9.78 Å². The van der Waals surface area contributed by atoms with E-state index in [4.69, 9.17) is 0 Å². The average molecular weight is 264 g/mol. The lowest BCUT2D eigenvalue weighted by atomic mass is 9.77. The molecule has 0 atom stereocenters. The van der Waals surface area contributed by atoms with Crippen molar-refractivity contribution in [3.8, 4) is 0 Å². The molecule has 1 aromatic heterocycles. The highest BCUT2D eigenvalue weighted by atomic mass is 19.1. The number of rotatable bonds is 5. The molecule has 0 unspecified atom stereocenters. The molecule has 102 valence electrons. The van der Waals surface area contributed by atoms with Crippen LogP contribution in [0.2, 0.25) is 0 Å². The predicted molar refractivity (Wildman–Crippen MR) is 69.2 cm³/mol. The monoisotopic (exact) mass is 264 g/mol. The van der Waals surface area contributed by atoms with Crippen molar-refractivity contribution >= 4 is 0 Å². The normalized spacial score (nSPS) is 11.8. The van der Waals surface area contributed by atoms with Gasteiger partial charge in [0, 0.05) is 18.7 Å². The van der Waals surface area contributed by atoms with Gasteiger partial charge in [0.25, 0.3) is 0 Å². The second-order valence-electron chi connectivity index (χ2n) is 4.78. The molecule has 2 aromatic rings. The number of hydrogen-bond donors (Lipinski definition) is 2. The van der Waals surface area contributed by atoms with Crippen molar-refractivity contribution in [3.63, 3.8) is 0 Å². The van der Waals surface area contributed by atoms with Crippen molar-refractivity contribution in [2.75, 3.05) is 13.2 Å². The van der Waals surface area contributed by atoms with Gasteiger partial charge < -0.3 is 10.2 Å². The molecule has 0 aliphatic heterocycles. The second-order valence-corrected chi connectivity index (χ2v) is 4.78. The van der Waals surface area contributed by atoms with Gasteiger partial charge in [-0.3, -0.25) is 4.68 Å². The fourth-order valence-corrected chi connectivity index (χ4v) is 2.27. The lowest BCUT2D eigenvalue weighted by Crippen LogP contribution is -2.38. The zero-order valence-electron chi connectivity index (χ0n) is 10.8. The van der Waals surface area contributed by atoms with E-state index in [2.05, 4.69) is 5.10 Å². The van der Waals surface area contributed by atoms with Crippen LogP contribution < -0.4 is 0 Å². The Bertz CT molecular complexity index is 550. The SMILES string of the molecule is Cn1cc(CC(CO)(CO)c2ccccc2F)cn1. The maximum Gasteiger partial charge on any atom is 0.127 e. The molecular weight excluding hydrogens is 247 g/mol. The van der Waals surface area contributed by atoms with Gasteiger partial charge in [-0.15, -0.1) is 0 Å². The van der Waals surface area contributed by atoms with E-state index in [0.717, 1.165) is 5.56 Å². The van der Waals surface area contributed by atoms with E-state index in [1.165, 1.54) is 6.07 Å². The fourth-order valence-electron chi connectivity index (χ4n) is 2.27. The minimum atomic E-state index is -1.03. The number of benzene rings is 1. The molecule has 0 saturated carbocycles. The van der Waals surface area contributed by atoms with Crippen LogP contribution in [-0.2, 0) is 18.9 Å². The summed E-state index contributed by atoms with van der Waals surface area (Å²) in [6.07, 6.45) is 3.77. The van der Waals surface area contributed by atoms with Crippen LogP contribution in [0.1, 0.15) is 11.1 Å². The van der Waals surface area contributed by atoms with Gasteiger partial charge in [0.2, 0.25) is 0 Å². The molecule has 19 heavy (non-hydrogen) atoms. The molecule has 0 aliphatic rings. The summed E-state index contributed by atoms with van der Waals surface area (Å²) in [7, 11) is 1.78. The topological polar surface area (TPSA) is 58.3 Å². The van der Waals surface area contributed by atoms with E-state index in [1.807, 2.05) is 0 Å². The average Bonchev–Trinajstić information content (AvgIpc) is 2.82. The zero-order chi connectivity index (χ0) is 13.9. The van der Waals surface area contributed by atoms with Crippen molar-refractivity contribution in [1.29, 1.82) is 0 Å². The third kappa shape index (κ3) is 2.67. The maximum atomic E-state index is 13.9. The van der Waals surface area contributed by atoms with Gasteiger partial charge in [0.1, 0.15) is 5.82 Å². The zero-order valence-corrected chi connectivity index (χ0v) is 10.8. The van der Waals surface area contributed by atoms with Crippen LogP contribution in [0.15, 0.2) is 36.7 Å². The Hall–Kier alpha value is -1.72. The first-order valence-electron chi connectivity index (χ1n) is 6.05. The number of aliphatic hydroxyl groups is 2. The molecular formula is C14H17FN2O2. The Balaban J connectivity index is 2.40. The highest BCUT2D eigenvalue weighted by molar-refractivity contribution is 5.30. The summed E-state index contributed by atoms with van der Waals surface area (Å²) >= 11 is 0. The van der Waals surface area contributed by atoms with Gasteiger partial charge in [0.15, 0.2) is 0 Å². The summed E-state index contributed by atoms with van der Waals surface area (Å²) < 4.78 is 15.6. The second kappa shape index (κ2) is 5.50. The number of halogens is 1. The molecule has 2 N–H and O–H groups in total. The third-order valence-corrected chi connectivity index (χ3v) is 3.35. The van der Waals surface area contributed by atoms with Crippen molar-refractivity contribution < 1.29 is 14.6 Å². The largest absolute Gasteiger partial charge is 0.395 e. The smallest absolute Gasteiger partial charge is 0.127 e. The van der Waals surface area contributed by atoms with Crippen molar-refractivity contribution in [2.24, 2.45) is 7.05 Å². The molecule has 0 bridgehead atoms.